The molecule has 0 fully saturated rings. The zero-order chi connectivity index (χ0) is 20.4. The highest BCUT2D eigenvalue weighted by Crippen LogP contribution is 2.26. The van der Waals surface area contributed by atoms with E-state index >= 15 is 0 Å². The Hall–Kier alpha value is -2.19. The Balaban J connectivity index is 1.98. The lowest BCUT2D eigenvalue weighted by Crippen LogP contribution is -2.28. The minimum Gasteiger partial charge on any atom is -0.492 e. The summed E-state index contributed by atoms with van der Waals surface area (Å²) in [6.45, 7) is 7.72. The van der Waals surface area contributed by atoms with Gasteiger partial charge in [0.25, 0.3) is 11.7 Å². The summed E-state index contributed by atoms with van der Waals surface area (Å²) in [5.41, 5.74) is 0.954. The molecule has 1 N–H and O–H groups in total. The van der Waals surface area contributed by atoms with E-state index < -0.39 is 11.7 Å². The highest BCUT2D eigenvalue weighted by atomic mass is 32.2. The monoisotopic (exact) mass is 409 g/mol. The summed E-state index contributed by atoms with van der Waals surface area (Å²) >= 11 is 0.262. The van der Waals surface area contributed by atoms with Gasteiger partial charge >= 0.3 is 0 Å². The van der Waals surface area contributed by atoms with Crippen LogP contribution in [0, 0.1) is 0 Å². The second-order valence-corrected chi connectivity index (χ2v) is 6.88. The minimum atomic E-state index is -2.64. The lowest BCUT2D eigenvalue weighted by atomic mass is 10.2. The second kappa shape index (κ2) is 11.6. The van der Waals surface area contributed by atoms with Gasteiger partial charge in [-0.15, -0.1) is 0 Å². The second-order valence-electron chi connectivity index (χ2n) is 5.90. The number of benzene rings is 1. The number of nitrogens with zero attached hydrogens (tertiary/aromatic N) is 2. The Bertz CT molecular complexity index is 758. The van der Waals surface area contributed by atoms with Gasteiger partial charge in [0.15, 0.2) is 0 Å². The van der Waals surface area contributed by atoms with E-state index in [-0.39, 0.29) is 28.9 Å². The van der Waals surface area contributed by atoms with E-state index in [0.29, 0.717) is 12.4 Å². The maximum absolute atomic E-state index is 12.7. The number of hydrogen-bond acceptors (Lipinski definition) is 5. The fourth-order valence-corrected chi connectivity index (χ4v) is 3.21. The number of ether oxygens (including phenoxy) is 1. The van der Waals surface area contributed by atoms with Gasteiger partial charge in [-0.2, -0.15) is 8.78 Å². The molecular weight excluding hydrogens is 384 g/mol. The number of thioether (sulfide) groups is 1. The van der Waals surface area contributed by atoms with Crippen molar-refractivity contribution in [2.45, 2.75) is 31.2 Å². The standard InChI is InChI=1S/C20H25F2N3O2S/c1-3-25(4-2)12-13-27-17-10-6-5-8-15(17)14-24-18(26)16-9-7-11-23-19(16)28-20(21)22/h5-11,20H,3-4,12-14H2,1-2H3,(H,24,26). The highest BCUT2D eigenvalue weighted by Gasteiger charge is 2.17. The van der Waals surface area contributed by atoms with Gasteiger partial charge in [0.1, 0.15) is 17.4 Å². The normalized spacial score (nSPS) is 11.1. The van der Waals surface area contributed by atoms with Crippen molar-refractivity contribution in [3.05, 3.63) is 53.7 Å². The minimum absolute atomic E-state index is 0.0127. The van der Waals surface area contributed by atoms with Crippen LogP contribution in [-0.4, -0.2) is 47.8 Å². The molecule has 1 amide bonds. The lowest BCUT2D eigenvalue weighted by Gasteiger charge is -2.19. The highest BCUT2D eigenvalue weighted by molar-refractivity contribution is 7.99. The zero-order valence-electron chi connectivity index (χ0n) is 16.0. The van der Waals surface area contributed by atoms with Gasteiger partial charge in [0.2, 0.25) is 0 Å². The van der Waals surface area contributed by atoms with Crippen LogP contribution >= 0.6 is 11.8 Å². The summed E-state index contributed by atoms with van der Waals surface area (Å²) in [6.07, 6.45) is 1.39. The van der Waals surface area contributed by atoms with Gasteiger partial charge in [-0.3, -0.25) is 4.79 Å². The van der Waals surface area contributed by atoms with Crippen LogP contribution in [0.15, 0.2) is 47.6 Å². The van der Waals surface area contributed by atoms with Crippen molar-refractivity contribution in [2.75, 3.05) is 26.2 Å². The Morgan fingerprint density at radius 2 is 1.96 bits per heavy atom. The molecule has 28 heavy (non-hydrogen) atoms. The molecule has 1 heterocycles. The Morgan fingerprint density at radius 1 is 1.21 bits per heavy atom. The summed E-state index contributed by atoms with van der Waals surface area (Å²) in [5, 5.41) is 2.78. The smallest absolute Gasteiger partial charge is 0.290 e. The van der Waals surface area contributed by atoms with E-state index in [2.05, 4.69) is 29.0 Å². The third kappa shape index (κ3) is 6.76. The Morgan fingerprint density at radius 3 is 2.68 bits per heavy atom. The molecule has 0 aliphatic heterocycles. The number of para-hydroxylation sites is 1. The summed E-state index contributed by atoms with van der Waals surface area (Å²) in [5.74, 6) is -2.39. The summed E-state index contributed by atoms with van der Waals surface area (Å²) in [4.78, 5) is 18.6. The number of pyridine rings is 1. The predicted molar refractivity (Wildman–Crippen MR) is 107 cm³/mol. The molecule has 1 aromatic heterocycles. The number of rotatable bonds is 11. The topological polar surface area (TPSA) is 54.5 Å². The molecule has 0 saturated carbocycles. The summed E-state index contributed by atoms with van der Waals surface area (Å²) in [6, 6.07) is 10.5. The summed E-state index contributed by atoms with van der Waals surface area (Å²) < 4.78 is 31.2. The molecule has 0 bridgehead atoms. The number of amides is 1. The van der Waals surface area contributed by atoms with E-state index in [1.165, 1.54) is 12.3 Å². The van der Waals surface area contributed by atoms with E-state index in [9.17, 15) is 13.6 Å². The van der Waals surface area contributed by atoms with Crippen LogP contribution in [0.4, 0.5) is 8.78 Å². The molecule has 0 spiro atoms. The fourth-order valence-electron chi connectivity index (χ4n) is 2.63. The predicted octanol–water partition coefficient (Wildman–Crippen LogP) is 4.05. The van der Waals surface area contributed by atoms with Crippen molar-refractivity contribution >= 4 is 17.7 Å². The molecule has 0 saturated heterocycles. The van der Waals surface area contributed by atoms with Crippen LogP contribution in [0.2, 0.25) is 0 Å². The SMILES string of the molecule is CCN(CC)CCOc1ccccc1CNC(=O)c1cccnc1SC(F)F. The van der Waals surface area contributed by atoms with E-state index in [4.69, 9.17) is 4.74 Å². The number of alkyl halides is 2. The fraction of sp³-hybridized carbons (Fsp3) is 0.400. The molecule has 2 rings (SSSR count). The zero-order valence-corrected chi connectivity index (χ0v) is 16.8. The number of hydrogen-bond donors (Lipinski definition) is 1. The Kier molecular flexibility index (Phi) is 9.16. The first kappa shape index (κ1) is 22.1. The third-order valence-electron chi connectivity index (χ3n) is 4.19. The molecule has 1 aromatic carbocycles. The van der Waals surface area contributed by atoms with Crippen molar-refractivity contribution in [3.63, 3.8) is 0 Å². The number of likely N-dealkylation sites (N-methyl/N-ethyl adjacent to an activating group) is 1. The maximum Gasteiger partial charge on any atom is 0.290 e. The summed E-state index contributed by atoms with van der Waals surface area (Å²) in [7, 11) is 0. The van der Waals surface area contributed by atoms with Gasteiger partial charge in [0, 0.05) is 24.8 Å². The first-order chi connectivity index (χ1) is 13.5. The first-order valence-corrected chi connectivity index (χ1v) is 10.0. The van der Waals surface area contributed by atoms with Gasteiger partial charge in [-0.1, -0.05) is 32.0 Å². The van der Waals surface area contributed by atoms with Crippen molar-refractivity contribution in [1.29, 1.82) is 0 Å². The van der Waals surface area contributed by atoms with Gasteiger partial charge in [-0.05, 0) is 43.1 Å². The third-order valence-corrected chi connectivity index (χ3v) is 4.91. The molecule has 0 aliphatic rings. The molecule has 0 unspecified atom stereocenters. The maximum atomic E-state index is 12.7. The van der Waals surface area contributed by atoms with Crippen LogP contribution in [0.25, 0.3) is 0 Å². The van der Waals surface area contributed by atoms with Crippen molar-refractivity contribution in [3.8, 4) is 5.75 Å². The van der Waals surface area contributed by atoms with Crippen LogP contribution in [-0.2, 0) is 6.54 Å². The molecular formula is C20H25F2N3O2S. The van der Waals surface area contributed by atoms with E-state index in [0.717, 1.165) is 25.2 Å². The lowest BCUT2D eigenvalue weighted by molar-refractivity contribution is 0.0947. The van der Waals surface area contributed by atoms with Crippen molar-refractivity contribution in [2.24, 2.45) is 0 Å². The van der Waals surface area contributed by atoms with Gasteiger partial charge in [0.05, 0.1) is 5.56 Å². The van der Waals surface area contributed by atoms with Gasteiger partial charge in [-0.25, -0.2) is 4.98 Å². The van der Waals surface area contributed by atoms with Crippen LogP contribution in [0.3, 0.4) is 0 Å². The number of nitrogens with one attached hydrogen (secondary N) is 1. The largest absolute Gasteiger partial charge is 0.492 e. The van der Waals surface area contributed by atoms with Crippen molar-refractivity contribution in [1.82, 2.24) is 15.2 Å². The molecule has 5 nitrogen and oxygen atoms in total. The molecule has 152 valence electrons. The average Bonchev–Trinajstić information content (AvgIpc) is 2.70. The van der Waals surface area contributed by atoms with E-state index in [1.54, 1.807) is 6.07 Å². The van der Waals surface area contributed by atoms with Crippen LogP contribution in [0.5, 0.6) is 5.75 Å². The molecule has 0 radical (unpaired) electrons. The first-order valence-electron chi connectivity index (χ1n) is 9.16. The molecule has 2 aromatic rings. The number of carbonyl (C=O) groups excluding carboxylic acids is 1. The van der Waals surface area contributed by atoms with Crippen molar-refractivity contribution < 1.29 is 18.3 Å². The molecule has 8 heteroatoms. The van der Waals surface area contributed by atoms with Gasteiger partial charge < -0.3 is 15.0 Å². The number of carbonyl (C=O) groups is 1. The quantitative estimate of drug-likeness (QED) is 0.568. The molecule has 0 atom stereocenters. The number of halogens is 2. The average molecular weight is 410 g/mol. The van der Waals surface area contributed by atoms with Crippen LogP contribution < -0.4 is 10.1 Å². The number of aromatic nitrogens is 1. The molecule has 0 aliphatic carbocycles. The van der Waals surface area contributed by atoms with E-state index in [1.807, 2.05) is 24.3 Å². The van der Waals surface area contributed by atoms with Crippen LogP contribution in [0.1, 0.15) is 29.8 Å². The Labute approximate surface area is 168 Å².